The van der Waals surface area contributed by atoms with Crippen LogP contribution in [0.25, 0.3) is 10.9 Å². The Balaban J connectivity index is 1.28. The molecule has 1 aromatic heterocycles. The van der Waals surface area contributed by atoms with Gasteiger partial charge in [0, 0.05) is 55.9 Å². The van der Waals surface area contributed by atoms with E-state index < -0.39 is 0 Å². The molecule has 0 spiro atoms. The fraction of sp³-hybridized carbons (Fsp3) is 0.400. The van der Waals surface area contributed by atoms with E-state index in [4.69, 9.17) is 14.5 Å². The number of benzene rings is 2. The molecule has 34 heavy (non-hydrogen) atoms. The Kier molecular flexibility index (Phi) is 7.13. The fourth-order valence-corrected chi connectivity index (χ4v) is 4.20. The van der Waals surface area contributed by atoms with E-state index in [9.17, 15) is 4.79 Å². The van der Waals surface area contributed by atoms with Crippen LogP contribution in [0.15, 0.2) is 48.5 Å². The maximum atomic E-state index is 12.7. The predicted molar refractivity (Wildman–Crippen MR) is 132 cm³/mol. The van der Waals surface area contributed by atoms with E-state index >= 15 is 0 Å². The van der Waals surface area contributed by atoms with Crippen LogP contribution in [0.1, 0.15) is 10.4 Å². The highest BCUT2D eigenvalue weighted by atomic mass is 16.5. The topological polar surface area (TPSA) is 91.9 Å². The van der Waals surface area contributed by atoms with Gasteiger partial charge in [0.1, 0.15) is 5.82 Å². The number of carbonyl (C=O) groups is 1. The number of morpholine rings is 2. The highest BCUT2D eigenvalue weighted by Crippen LogP contribution is 2.24. The first-order chi connectivity index (χ1) is 16.8. The van der Waals surface area contributed by atoms with Gasteiger partial charge in [0.05, 0.1) is 31.9 Å². The van der Waals surface area contributed by atoms with Crippen molar-refractivity contribution in [3.8, 4) is 0 Å². The minimum Gasteiger partial charge on any atom is -0.379 e. The van der Waals surface area contributed by atoms with Crippen LogP contribution in [0.4, 0.5) is 17.5 Å². The van der Waals surface area contributed by atoms with Gasteiger partial charge >= 0.3 is 0 Å². The maximum Gasteiger partial charge on any atom is 0.254 e. The van der Waals surface area contributed by atoms with Crippen molar-refractivity contribution in [3.63, 3.8) is 0 Å². The summed E-state index contributed by atoms with van der Waals surface area (Å²) in [5.41, 5.74) is 2.36. The Labute approximate surface area is 199 Å². The molecule has 0 atom stereocenters. The van der Waals surface area contributed by atoms with Crippen molar-refractivity contribution in [2.24, 2.45) is 0 Å². The summed E-state index contributed by atoms with van der Waals surface area (Å²) in [4.78, 5) is 26.3. The number of para-hydroxylation sites is 1. The lowest BCUT2D eigenvalue weighted by Gasteiger charge is -2.26. The number of aromatic nitrogens is 2. The highest BCUT2D eigenvalue weighted by Gasteiger charge is 2.18. The van der Waals surface area contributed by atoms with E-state index in [1.165, 1.54) is 0 Å². The summed E-state index contributed by atoms with van der Waals surface area (Å²) < 4.78 is 10.8. The third-order valence-electron chi connectivity index (χ3n) is 6.11. The lowest BCUT2D eigenvalue weighted by atomic mass is 10.1. The van der Waals surface area contributed by atoms with Crippen LogP contribution in [0.3, 0.4) is 0 Å². The molecular weight excluding hydrogens is 432 g/mol. The van der Waals surface area contributed by atoms with Crippen LogP contribution in [0.5, 0.6) is 0 Å². The molecule has 0 radical (unpaired) electrons. The molecule has 2 aliphatic rings. The van der Waals surface area contributed by atoms with Gasteiger partial charge in [-0.05, 0) is 36.4 Å². The SMILES string of the molecule is O=C(c1ccc(Nc2nc(NCCN3CCOCC3)c3ccccc3n2)cc1)N1CCOCC1. The predicted octanol–water partition coefficient (Wildman–Crippen LogP) is 2.59. The molecule has 0 aliphatic carbocycles. The van der Waals surface area contributed by atoms with Crippen LogP contribution in [0.2, 0.25) is 0 Å². The highest BCUT2D eigenvalue weighted by molar-refractivity contribution is 5.95. The van der Waals surface area contributed by atoms with Gasteiger partial charge in [-0.1, -0.05) is 12.1 Å². The molecule has 9 heteroatoms. The summed E-state index contributed by atoms with van der Waals surface area (Å²) in [5.74, 6) is 1.35. The monoisotopic (exact) mass is 462 g/mol. The zero-order valence-corrected chi connectivity index (χ0v) is 19.2. The molecule has 1 amide bonds. The van der Waals surface area contributed by atoms with Crippen molar-refractivity contribution in [3.05, 3.63) is 54.1 Å². The van der Waals surface area contributed by atoms with Crippen LogP contribution in [0, 0.1) is 0 Å². The molecule has 2 fully saturated rings. The lowest BCUT2D eigenvalue weighted by molar-refractivity contribution is 0.0303. The number of ether oxygens (including phenoxy) is 2. The summed E-state index contributed by atoms with van der Waals surface area (Å²) in [6.07, 6.45) is 0. The van der Waals surface area contributed by atoms with E-state index in [0.717, 1.165) is 61.8 Å². The Morgan fingerprint density at radius 3 is 2.35 bits per heavy atom. The third-order valence-corrected chi connectivity index (χ3v) is 6.11. The number of amides is 1. The molecular formula is C25H30N6O3. The zero-order valence-electron chi connectivity index (χ0n) is 19.2. The Hall–Kier alpha value is -3.27. The smallest absolute Gasteiger partial charge is 0.254 e. The van der Waals surface area contributed by atoms with Crippen LogP contribution >= 0.6 is 0 Å². The van der Waals surface area contributed by atoms with Crippen molar-refractivity contribution < 1.29 is 14.3 Å². The van der Waals surface area contributed by atoms with E-state index in [-0.39, 0.29) is 5.91 Å². The Morgan fingerprint density at radius 1 is 0.882 bits per heavy atom. The number of nitrogens with zero attached hydrogens (tertiary/aromatic N) is 4. The number of rotatable bonds is 7. The molecule has 5 rings (SSSR count). The normalized spacial score (nSPS) is 17.0. The second kappa shape index (κ2) is 10.8. The molecule has 178 valence electrons. The van der Waals surface area contributed by atoms with Crippen molar-refractivity contribution in [2.75, 3.05) is 76.3 Å². The standard InChI is InChI=1S/C25H30N6O3/c32-24(31-13-17-34-18-14-31)19-5-7-20(8-6-19)27-25-28-22-4-2-1-3-21(22)23(29-25)26-9-10-30-11-15-33-16-12-30/h1-8H,9-18H2,(H2,26,27,28,29). The molecule has 2 aromatic carbocycles. The molecule has 2 aliphatic heterocycles. The van der Waals surface area contributed by atoms with Crippen LogP contribution in [-0.4, -0.2) is 91.4 Å². The average molecular weight is 463 g/mol. The summed E-state index contributed by atoms with van der Waals surface area (Å²) in [6.45, 7) is 7.67. The number of hydrogen-bond acceptors (Lipinski definition) is 8. The molecule has 0 unspecified atom stereocenters. The first kappa shape index (κ1) is 22.5. The second-order valence-electron chi connectivity index (χ2n) is 8.40. The van der Waals surface area contributed by atoms with Gasteiger partial charge in [-0.2, -0.15) is 4.98 Å². The molecule has 3 heterocycles. The third kappa shape index (κ3) is 5.44. The zero-order chi connectivity index (χ0) is 23.2. The molecule has 2 N–H and O–H groups in total. The molecule has 0 bridgehead atoms. The Morgan fingerprint density at radius 2 is 1.59 bits per heavy atom. The minimum absolute atomic E-state index is 0.0311. The van der Waals surface area contributed by atoms with Gasteiger partial charge in [0.25, 0.3) is 5.91 Å². The lowest BCUT2D eigenvalue weighted by Crippen LogP contribution is -2.40. The maximum absolute atomic E-state index is 12.7. The van der Waals surface area contributed by atoms with Crippen LogP contribution in [-0.2, 0) is 9.47 Å². The van der Waals surface area contributed by atoms with Gasteiger partial charge in [0.15, 0.2) is 0 Å². The summed E-state index contributed by atoms with van der Waals surface area (Å²) >= 11 is 0. The minimum atomic E-state index is 0.0311. The van der Waals surface area contributed by atoms with Gasteiger partial charge in [0.2, 0.25) is 5.95 Å². The van der Waals surface area contributed by atoms with E-state index in [1.54, 1.807) is 0 Å². The van der Waals surface area contributed by atoms with Gasteiger partial charge in [-0.3, -0.25) is 9.69 Å². The molecule has 0 saturated carbocycles. The number of anilines is 3. The molecule has 3 aromatic rings. The van der Waals surface area contributed by atoms with E-state index in [0.29, 0.717) is 37.8 Å². The fourth-order valence-electron chi connectivity index (χ4n) is 4.20. The summed E-state index contributed by atoms with van der Waals surface area (Å²) in [5, 5.41) is 7.76. The average Bonchev–Trinajstić information content (AvgIpc) is 2.90. The van der Waals surface area contributed by atoms with E-state index in [2.05, 4.69) is 20.5 Å². The first-order valence-corrected chi connectivity index (χ1v) is 11.8. The van der Waals surface area contributed by atoms with E-state index in [1.807, 2.05) is 53.4 Å². The quantitative estimate of drug-likeness (QED) is 0.554. The van der Waals surface area contributed by atoms with Gasteiger partial charge in [-0.15, -0.1) is 0 Å². The van der Waals surface area contributed by atoms with Gasteiger partial charge < -0.3 is 25.0 Å². The summed E-state index contributed by atoms with van der Waals surface area (Å²) in [7, 11) is 0. The summed E-state index contributed by atoms with van der Waals surface area (Å²) in [6, 6.07) is 15.4. The van der Waals surface area contributed by atoms with Crippen molar-refractivity contribution >= 4 is 34.3 Å². The largest absolute Gasteiger partial charge is 0.379 e. The Bertz CT molecular complexity index is 1110. The first-order valence-electron chi connectivity index (χ1n) is 11.8. The van der Waals surface area contributed by atoms with Crippen molar-refractivity contribution in [1.29, 1.82) is 0 Å². The molecule has 2 saturated heterocycles. The van der Waals surface area contributed by atoms with Crippen molar-refractivity contribution in [1.82, 2.24) is 19.8 Å². The van der Waals surface area contributed by atoms with Gasteiger partial charge in [-0.25, -0.2) is 4.98 Å². The molecule has 9 nitrogen and oxygen atoms in total. The number of fused-ring (bicyclic) bond motifs is 1. The number of nitrogens with one attached hydrogen (secondary N) is 2. The van der Waals surface area contributed by atoms with Crippen molar-refractivity contribution in [2.45, 2.75) is 0 Å². The number of carbonyl (C=O) groups excluding carboxylic acids is 1. The van der Waals surface area contributed by atoms with Crippen LogP contribution < -0.4 is 10.6 Å². The number of hydrogen-bond donors (Lipinski definition) is 2. The second-order valence-corrected chi connectivity index (χ2v) is 8.40.